The summed E-state index contributed by atoms with van der Waals surface area (Å²) >= 11 is 0. The van der Waals surface area contributed by atoms with E-state index >= 15 is 0 Å². The highest BCUT2D eigenvalue weighted by Crippen LogP contribution is 2.25. The quantitative estimate of drug-likeness (QED) is 0.108. The van der Waals surface area contributed by atoms with Crippen molar-refractivity contribution in [2.24, 2.45) is 0 Å². The number of hydrogen-bond acceptors (Lipinski definition) is 4. The van der Waals surface area contributed by atoms with Gasteiger partial charge in [-0.05, 0) is 71.5 Å². The van der Waals surface area contributed by atoms with Crippen molar-refractivity contribution in [3.63, 3.8) is 0 Å². The smallest absolute Gasteiger partial charge is 0.263 e. The van der Waals surface area contributed by atoms with E-state index < -0.39 is 12.2 Å². The lowest BCUT2D eigenvalue weighted by molar-refractivity contribution is -0.142. The number of carbonyl (C=O) groups excluding carboxylic acids is 2. The largest absolute Gasteiger partial charge is 0.481 e. The zero-order chi connectivity index (χ0) is 36.1. The maximum Gasteiger partial charge on any atom is 0.263 e. The van der Waals surface area contributed by atoms with Crippen molar-refractivity contribution in [1.29, 1.82) is 0 Å². The molecule has 2 amide bonds. The van der Waals surface area contributed by atoms with Crippen LogP contribution in [0.15, 0.2) is 170 Å². The molecule has 262 valence electrons. The molecule has 0 N–H and O–H groups in total. The monoisotopic (exact) mass is 688 g/mol. The van der Waals surface area contributed by atoms with Crippen LogP contribution in [0.5, 0.6) is 11.5 Å². The van der Waals surface area contributed by atoms with Crippen LogP contribution >= 0.6 is 0 Å². The van der Waals surface area contributed by atoms with Crippen molar-refractivity contribution in [2.45, 2.75) is 39.1 Å². The lowest BCUT2D eigenvalue weighted by Gasteiger charge is -2.31. The zero-order valence-corrected chi connectivity index (χ0v) is 29.7. The molecule has 0 fully saturated rings. The summed E-state index contributed by atoms with van der Waals surface area (Å²) in [5, 5.41) is 0. The fourth-order valence-electron chi connectivity index (χ4n) is 6.12. The minimum atomic E-state index is -0.745. The SMILES string of the molecule is CC(Oc1ccc(-c2ccccc2)cc1)C(=O)N(CCN(Cc1ccccc1)C(=O)C(C)Oc1ccc(-c2ccccc2)cc1)Cc1ccccc1. The molecule has 0 aliphatic carbocycles. The molecule has 0 saturated carbocycles. The van der Waals surface area contributed by atoms with Crippen LogP contribution in [0.3, 0.4) is 0 Å². The molecule has 2 unspecified atom stereocenters. The second kappa shape index (κ2) is 17.7. The third kappa shape index (κ3) is 9.76. The first kappa shape index (κ1) is 35.7. The van der Waals surface area contributed by atoms with Gasteiger partial charge in [-0.25, -0.2) is 0 Å². The van der Waals surface area contributed by atoms with Crippen LogP contribution in [-0.4, -0.2) is 46.9 Å². The van der Waals surface area contributed by atoms with Crippen LogP contribution in [0.25, 0.3) is 22.3 Å². The summed E-state index contributed by atoms with van der Waals surface area (Å²) in [4.78, 5) is 31.7. The summed E-state index contributed by atoms with van der Waals surface area (Å²) in [6.45, 7) is 4.94. The number of carbonyl (C=O) groups is 2. The van der Waals surface area contributed by atoms with Gasteiger partial charge >= 0.3 is 0 Å². The predicted molar refractivity (Wildman–Crippen MR) is 208 cm³/mol. The van der Waals surface area contributed by atoms with Crippen molar-refractivity contribution in [3.8, 4) is 33.8 Å². The summed E-state index contributed by atoms with van der Waals surface area (Å²) in [5.41, 5.74) is 6.36. The Morgan fingerprint density at radius 3 is 1.04 bits per heavy atom. The summed E-state index contributed by atoms with van der Waals surface area (Å²) in [6.07, 6.45) is -1.49. The van der Waals surface area contributed by atoms with E-state index in [1.54, 1.807) is 23.6 Å². The lowest BCUT2D eigenvalue weighted by Crippen LogP contribution is -2.47. The zero-order valence-electron chi connectivity index (χ0n) is 29.7. The molecule has 52 heavy (non-hydrogen) atoms. The van der Waals surface area contributed by atoms with Gasteiger partial charge in [0.2, 0.25) is 0 Å². The fourth-order valence-corrected chi connectivity index (χ4v) is 6.12. The summed E-state index contributed by atoms with van der Waals surface area (Å²) in [5.74, 6) is 0.907. The van der Waals surface area contributed by atoms with Crippen LogP contribution in [0.2, 0.25) is 0 Å². The van der Waals surface area contributed by atoms with Crippen LogP contribution < -0.4 is 9.47 Å². The first-order valence-electron chi connectivity index (χ1n) is 17.7. The van der Waals surface area contributed by atoms with E-state index in [-0.39, 0.29) is 11.8 Å². The van der Waals surface area contributed by atoms with Crippen LogP contribution in [0.1, 0.15) is 25.0 Å². The highest BCUT2D eigenvalue weighted by Gasteiger charge is 2.27. The molecule has 0 bridgehead atoms. The average Bonchev–Trinajstić information content (AvgIpc) is 3.20. The van der Waals surface area contributed by atoms with Crippen molar-refractivity contribution in [3.05, 3.63) is 181 Å². The molecule has 0 heterocycles. The Morgan fingerprint density at radius 2 is 0.712 bits per heavy atom. The summed E-state index contributed by atoms with van der Waals surface area (Å²) in [6, 6.07) is 55.6. The van der Waals surface area contributed by atoms with Crippen LogP contribution in [-0.2, 0) is 22.7 Å². The van der Waals surface area contributed by atoms with Gasteiger partial charge in [0, 0.05) is 26.2 Å². The molecular formula is C46H44N2O4. The Bertz CT molecular complexity index is 1840. The standard InChI is InChI=1S/C46H44N2O4/c1-35(51-43-27-23-41(24-28-43)39-19-11-5-12-20-39)45(49)47(33-37-15-7-3-8-16-37)31-32-48(34-38-17-9-4-10-18-38)46(50)36(2)52-44-29-25-42(26-30-44)40-21-13-6-14-22-40/h3-30,35-36H,31-34H2,1-2H3. The van der Waals surface area contributed by atoms with Crippen molar-refractivity contribution < 1.29 is 19.1 Å². The Labute approximate surface area is 306 Å². The Morgan fingerprint density at radius 1 is 0.423 bits per heavy atom. The Balaban J connectivity index is 1.16. The first-order valence-corrected chi connectivity index (χ1v) is 17.7. The normalized spacial score (nSPS) is 12.0. The van der Waals surface area contributed by atoms with E-state index in [2.05, 4.69) is 24.3 Å². The van der Waals surface area contributed by atoms with E-state index in [1.165, 1.54) is 0 Å². The third-order valence-corrected chi connectivity index (χ3v) is 8.94. The molecule has 0 aromatic heterocycles. The average molecular weight is 689 g/mol. The van der Waals surface area contributed by atoms with Gasteiger partial charge in [-0.3, -0.25) is 9.59 Å². The van der Waals surface area contributed by atoms with Crippen LogP contribution in [0.4, 0.5) is 0 Å². The van der Waals surface area contributed by atoms with E-state index in [9.17, 15) is 9.59 Å². The molecule has 6 aromatic rings. The molecule has 0 aliphatic heterocycles. The van der Waals surface area contributed by atoms with Gasteiger partial charge in [-0.2, -0.15) is 0 Å². The van der Waals surface area contributed by atoms with Gasteiger partial charge in [0.15, 0.2) is 12.2 Å². The van der Waals surface area contributed by atoms with E-state index in [4.69, 9.17) is 9.47 Å². The van der Waals surface area contributed by atoms with Crippen molar-refractivity contribution in [2.75, 3.05) is 13.1 Å². The van der Waals surface area contributed by atoms with Gasteiger partial charge in [0.1, 0.15) is 11.5 Å². The van der Waals surface area contributed by atoms with Gasteiger partial charge in [-0.15, -0.1) is 0 Å². The molecule has 0 saturated heterocycles. The van der Waals surface area contributed by atoms with E-state index in [1.807, 2.05) is 146 Å². The van der Waals surface area contributed by atoms with Crippen LogP contribution in [0, 0.1) is 0 Å². The number of ether oxygens (including phenoxy) is 2. The molecule has 6 heteroatoms. The highest BCUT2D eigenvalue weighted by atomic mass is 16.5. The molecule has 0 spiro atoms. The van der Waals surface area contributed by atoms with E-state index in [0.717, 1.165) is 33.4 Å². The van der Waals surface area contributed by atoms with Gasteiger partial charge in [0.05, 0.1) is 0 Å². The Hall–Kier alpha value is -6.14. The van der Waals surface area contributed by atoms with Gasteiger partial charge in [-0.1, -0.05) is 146 Å². The second-order valence-electron chi connectivity index (χ2n) is 12.8. The van der Waals surface area contributed by atoms with E-state index in [0.29, 0.717) is 37.7 Å². The molecule has 6 rings (SSSR count). The minimum Gasteiger partial charge on any atom is -0.481 e. The predicted octanol–water partition coefficient (Wildman–Crippen LogP) is 9.31. The lowest BCUT2D eigenvalue weighted by atomic mass is 10.1. The third-order valence-electron chi connectivity index (χ3n) is 8.94. The number of nitrogens with zero attached hydrogens (tertiary/aromatic N) is 2. The fraction of sp³-hybridized carbons (Fsp3) is 0.174. The molecule has 0 aliphatic rings. The summed E-state index contributed by atoms with van der Waals surface area (Å²) < 4.78 is 12.4. The number of hydrogen-bond donors (Lipinski definition) is 0. The first-order chi connectivity index (χ1) is 25.4. The topological polar surface area (TPSA) is 59.1 Å². The summed E-state index contributed by atoms with van der Waals surface area (Å²) in [7, 11) is 0. The van der Waals surface area contributed by atoms with Crippen molar-refractivity contribution in [1.82, 2.24) is 9.80 Å². The van der Waals surface area contributed by atoms with Gasteiger partial charge in [0.25, 0.3) is 11.8 Å². The molecule has 2 atom stereocenters. The molecule has 6 aromatic carbocycles. The highest BCUT2D eigenvalue weighted by molar-refractivity contribution is 5.82. The maximum atomic E-state index is 14.1. The number of amides is 2. The van der Waals surface area contributed by atoms with Crippen molar-refractivity contribution >= 4 is 11.8 Å². The minimum absolute atomic E-state index is 0.161. The van der Waals surface area contributed by atoms with Gasteiger partial charge < -0.3 is 19.3 Å². The maximum absolute atomic E-state index is 14.1. The number of rotatable bonds is 15. The second-order valence-corrected chi connectivity index (χ2v) is 12.8. The number of benzene rings is 6. The molecule has 0 radical (unpaired) electrons. The molecule has 6 nitrogen and oxygen atoms in total. The Kier molecular flexibility index (Phi) is 12.1. The molecular weight excluding hydrogens is 645 g/mol.